The number of nitrogens with zero attached hydrogens (tertiary/aromatic N) is 3. The summed E-state index contributed by atoms with van der Waals surface area (Å²) in [5.41, 5.74) is 3.88. The minimum Gasteiger partial charge on any atom is -0.435 e. The fourth-order valence-electron chi connectivity index (χ4n) is 3.45. The molecule has 1 atom stereocenters. The Morgan fingerprint density at radius 2 is 2.00 bits per heavy atom. The number of furan rings is 1. The molecule has 4 rings (SSSR count). The average Bonchev–Trinajstić information content (AvgIpc) is 3.13. The summed E-state index contributed by atoms with van der Waals surface area (Å²) in [4.78, 5) is 8.32. The molecule has 4 nitrogen and oxygen atoms in total. The van der Waals surface area contributed by atoms with E-state index in [0.29, 0.717) is 11.4 Å². The second-order valence-electron chi connectivity index (χ2n) is 6.73. The van der Waals surface area contributed by atoms with Crippen molar-refractivity contribution in [1.29, 1.82) is 0 Å². The number of aromatic nitrogens is 1. The second-order valence-corrected chi connectivity index (χ2v) is 6.73. The number of hydrogen-bond acceptors (Lipinski definition) is 4. The maximum absolute atomic E-state index is 8.24. The van der Waals surface area contributed by atoms with Gasteiger partial charge >= 0.3 is 0 Å². The van der Waals surface area contributed by atoms with E-state index in [9.17, 15) is 0 Å². The molecule has 0 fully saturated rings. The molecule has 1 aromatic carbocycles. The summed E-state index contributed by atoms with van der Waals surface area (Å²) >= 11 is 0. The van der Waals surface area contributed by atoms with Crippen LogP contribution in [0.25, 0.3) is 22.1 Å². The molecule has 0 radical (unpaired) electrons. The van der Waals surface area contributed by atoms with E-state index in [1.165, 1.54) is 0 Å². The summed E-state index contributed by atoms with van der Waals surface area (Å²) < 4.78 is 30.6. The van der Waals surface area contributed by atoms with Gasteiger partial charge in [-0.3, -0.25) is 0 Å². The lowest BCUT2D eigenvalue weighted by Gasteiger charge is -2.29. The van der Waals surface area contributed by atoms with Crippen LogP contribution in [0.3, 0.4) is 0 Å². The van der Waals surface area contributed by atoms with Gasteiger partial charge in [-0.15, -0.1) is 0 Å². The van der Waals surface area contributed by atoms with Crippen molar-refractivity contribution in [2.24, 2.45) is 0 Å². The second kappa shape index (κ2) is 5.80. The predicted molar refractivity (Wildman–Crippen MR) is 104 cm³/mol. The van der Waals surface area contributed by atoms with E-state index < -0.39 is 12.4 Å². The van der Waals surface area contributed by atoms with Crippen LogP contribution in [0.4, 0.5) is 5.69 Å². The maximum Gasteiger partial charge on any atom is 0.227 e. The SMILES string of the molecule is [2H]C(C)(C)c1ccc2c(n1)oc1c(N3C=CN(C([2H])([2H])C)[C@@H]3C)c(C)ccc12. The Bertz CT molecular complexity index is 1090. The Balaban J connectivity index is 1.90. The van der Waals surface area contributed by atoms with Crippen molar-refractivity contribution in [2.45, 2.75) is 46.7 Å². The van der Waals surface area contributed by atoms with Crippen LogP contribution in [0.2, 0.25) is 0 Å². The molecular weight excluding hydrogens is 310 g/mol. The molecule has 2 aromatic heterocycles. The monoisotopic (exact) mass is 338 g/mol. The highest BCUT2D eigenvalue weighted by Gasteiger charge is 2.26. The van der Waals surface area contributed by atoms with Crippen LogP contribution in [0.1, 0.15) is 49.0 Å². The number of hydrogen-bond donors (Lipinski definition) is 0. The lowest BCUT2D eigenvalue weighted by Crippen LogP contribution is -2.36. The summed E-state index contributed by atoms with van der Waals surface area (Å²) in [5, 5.41) is 1.89. The van der Waals surface area contributed by atoms with Gasteiger partial charge in [0.15, 0.2) is 5.58 Å². The van der Waals surface area contributed by atoms with Gasteiger partial charge < -0.3 is 14.2 Å². The average molecular weight is 338 g/mol. The zero-order valence-corrected chi connectivity index (χ0v) is 15.3. The third-order valence-electron chi connectivity index (χ3n) is 4.90. The van der Waals surface area contributed by atoms with Gasteiger partial charge in [-0.1, -0.05) is 26.0 Å². The lowest BCUT2D eigenvalue weighted by atomic mass is 10.1. The first kappa shape index (κ1) is 12.8. The van der Waals surface area contributed by atoms with Crippen LogP contribution in [0.5, 0.6) is 0 Å². The summed E-state index contributed by atoms with van der Waals surface area (Å²) in [6.07, 6.45) is 3.49. The molecule has 1 aliphatic rings. The number of aryl methyl sites for hydroxylation is 1. The van der Waals surface area contributed by atoms with Crippen molar-refractivity contribution >= 4 is 27.8 Å². The molecule has 0 saturated heterocycles. The lowest BCUT2D eigenvalue weighted by molar-refractivity contribution is 0.334. The first-order chi connectivity index (χ1) is 13.0. The number of benzene rings is 1. The van der Waals surface area contributed by atoms with Gasteiger partial charge in [-0.05, 0) is 44.4 Å². The molecule has 0 bridgehead atoms. The van der Waals surface area contributed by atoms with Gasteiger partial charge in [-0.25, -0.2) is 4.98 Å². The van der Waals surface area contributed by atoms with Gasteiger partial charge in [0, 0.05) is 39.5 Å². The van der Waals surface area contributed by atoms with Gasteiger partial charge in [0.25, 0.3) is 0 Å². The van der Waals surface area contributed by atoms with Gasteiger partial charge in [0.05, 0.1) is 5.69 Å². The Morgan fingerprint density at radius 3 is 2.68 bits per heavy atom. The maximum atomic E-state index is 8.24. The molecule has 0 saturated carbocycles. The Morgan fingerprint density at radius 1 is 1.24 bits per heavy atom. The van der Waals surface area contributed by atoms with Gasteiger partial charge in [0.1, 0.15) is 6.17 Å². The highest BCUT2D eigenvalue weighted by Crippen LogP contribution is 2.39. The normalized spacial score (nSPS) is 20.4. The Labute approximate surface area is 152 Å². The summed E-state index contributed by atoms with van der Waals surface area (Å²) in [7, 11) is 0. The van der Waals surface area contributed by atoms with Crippen molar-refractivity contribution in [3.8, 4) is 0 Å². The van der Waals surface area contributed by atoms with E-state index in [-0.39, 0.29) is 6.17 Å². The van der Waals surface area contributed by atoms with Crippen LogP contribution in [0, 0.1) is 6.92 Å². The van der Waals surface area contributed by atoms with Crippen LogP contribution in [-0.4, -0.2) is 22.5 Å². The highest BCUT2D eigenvalue weighted by atomic mass is 16.3. The first-order valence-corrected chi connectivity index (χ1v) is 8.57. The van der Waals surface area contributed by atoms with Crippen LogP contribution >= 0.6 is 0 Å². The first-order valence-electron chi connectivity index (χ1n) is 10.1. The molecule has 3 heterocycles. The van der Waals surface area contributed by atoms with Crippen molar-refractivity contribution in [3.05, 3.63) is 47.9 Å². The molecule has 0 amide bonds. The fraction of sp³-hybridized carbons (Fsp3) is 0.381. The minimum atomic E-state index is -1.46. The topological polar surface area (TPSA) is 32.5 Å². The van der Waals surface area contributed by atoms with Crippen molar-refractivity contribution < 1.29 is 8.53 Å². The standard InChI is InChI=1S/C21H25N3O/c1-6-23-11-12-24(15(23)5)19-14(4)7-8-16-17-9-10-18(13(2)3)22-21(17)25-20(16)19/h7-13,15H,6H2,1-5H3/t15-/m0/s1/i6D2,13D. The largest absolute Gasteiger partial charge is 0.435 e. The zero-order valence-electron chi connectivity index (χ0n) is 18.3. The Hall–Kier alpha value is -2.49. The van der Waals surface area contributed by atoms with E-state index in [4.69, 9.17) is 8.53 Å². The minimum absolute atomic E-state index is 0.187. The number of rotatable bonds is 3. The van der Waals surface area contributed by atoms with E-state index in [2.05, 4.69) is 11.1 Å². The molecule has 1 aliphatic heterocycles. The summed E-state index contributed by atoms with van der Waals surface area (Å²) in [5.74, 6) is -0.800. The number of anilines is 1. The Kier molecular flexibility index (Phi) is 2.97. The molecule has 0 N–H and O–H groups in total. The van der Waals surface area contributed by atoms with E-state index in [1.54, 1.807) is 18.0 Å². The van der Waals surface area contributed by atoms with Crippen LogP contribution < -0.4 is 4.90 Å². The molecular formula is C21H25N3O. The van der Waals surface area contributed by atoms with E-state index in [1.807, 2.05) is 57.0 Å². The zero-order chi connectivity index (χ0) is 20.4. The predicted octanol–water partition coefficient (Wildman–Crippen LogP) is 5.37. The van der Waals surface area contributed by atoms with Gasteiger partial charge in [0.2, 0.25) is 5.71 Å². The molecule has 0 aliphatic carbocycles. The highest BCUT2D eigenvalue weighted by molar-refractivity contribution is 6.08. The van der Waals surface area contributed by atoms with Crippen molar-refractivity contribution in [2.75, 3.05) is 11.4 Å². The quantitative estimate of drug-likeness (QED) is 0.642. The van der Waals surface area contributed by atoms with Crippen molar-refractivity contribution in [3.63, 3.8) is 0 Å². The smallest absolute Gasteiger partial charge is 0.227 e. The number of fused-ring (bicyclic) bond motifs is 3. The fourth-order valence-corrected chi connectivity index (χ4v) is 3.45. The third-order valence-corrected chi connectivity index (χ3v) is 4.90. The van der Waals surface area contributed by atoms with Gasteiger partial charge in [-0.2, -0.15) is 0 Å². The molecule has 25 heavy (non-hydrogen) atoms. The molecule has 4 heteroatoms. The molecule has 0 unspecified atom stereocenters. The molecule has 3 aromatic rings. The third kappa shape index (κ3) is 2.39. The van der Waals surface area contributed by atoms with Crippen LogP contribution in [0.15, 0.2) is 41.1 Å². The molecule has 130 valence electrons. The number of pyridine rings is 1. The van der Waals surface area contributed by atoms with E-state index >= 15 is 0 Å². The van der Waals surface area contributed by atoms with E-state index in [0.717, 1.165) is 27.6 Å². The van der Waals surface area contributed by atoms with Crippen LogP contribution in [-0.2, 0) is 0 Å². The summed E-state index contributed by atoms with van der Waals surface area (Å²) in [6.45, 7) is 7.71. The van der Waals surface area contributed by atoms with Crippen molar-refractivity contribution in [1.82, 2.24) is 9.88 Å². The summed E-state index contributed by atoms with van der Waals surface area (Å²) in [6, 6.07) is 7.95. The molecule has 0 spiro atoms.